The average molecular weight is 372 g/mol. The van der Waals surface area contributed by atoms with Gasteiger partial charge in [-0.05, 0) is 25.0 Å². The van der Waals surface area contributed by atoms with Gasteiger partial charge in [0.2, 0.25) is 5.91 Å². The van der Waals surface area contributed by atoms with Gasteiger partial charge in [-0.3, -0.25) is 9.79 Å². The van der Waals surface area contributed by atoms with E-state index in [1.165, 1.54) is 37.8 Å². The van der Waals surface area contributed by atoms with Gasteiger partial charge in [0.1, 0.15) is 0 Å². The highest BCUT2D eigenvalue weighted by molar-refractivity contribution is 5.81. The van der Waals surface area contributed by atoms with Gasteiger partial charge in [-0.25, -0.2) is 0 Å². The molecule has 1 aromatic rings. The molecular weight excluding hydrogens is 338 g/mol. The number of carbonyl (C=O) groups is 1. The number of piperazine rings is 1. The number of rotatable bonds is 5. The Hall–Kier alpha value is -2.24. The van der Waals surface area contributed by atoms with Crippen molar-refractivity contribution in [3.05, 3.63) is 30.3 Å². The number of anilines is 1. The number of benzene rings is 1. The summed E-state index contributed by atoms with van der Waals surface area (Å²) in [4.78, 5) is 21.1. The third-order valence-electron chi connectivity index (χ3n) is 5.55. The predicted molar refractivity (Wildman–Crippen MR) is 111 cm³/mol. The lowest BCUT2D eigenvalue weighted by molar-refractivity contribution is -0.131. The van der Waals surface area contributed by atoms with E-state index in [0.29, 0.717) is 19.0 Å². The Bertz CT molecular complexity index is 604. The Balaban J connectivity index is 1.35. The number of nitrogens with one attached hydrogen (secondary N) is 2. The number of nitrogens with zero attached hydrogens (tertiary/aromatic N) is 3. The highest BCUT2D eigenvalue weighted by atomic mass is 16.2. The van der Waals surface area contributed by atoms with Crippen molar-refractivity contribution in [2.24, 2.45) is 4.99 Å². The third-order valence-corrected chi connectivity index (χ3v) is 5.55. The molecule has 1 saturated heterocycles. The van der Waals surface area contributed by atoms with Crippen LogP contribution in [0.15, 0.2) is 35.3 Å². The number of guanidine groups is 1. The van der Waals surface area contributed by atoms with E-state index >= 15 is 0 Å². The second kappa shape index (κ2) is 10.2. The van der Waals surface area contributed by atoms with Gasteiger partial charge >= 0.3 is 0 Å². The van der Waals surface area contributed by atoms with Crippen LogP contribution in [0.25, 0.3) is 0 Å². The Morgan fingerprint density at radius 1 is 1.07 bits per heavy atom. The summed E-state index contributed by atoms with van der Waals surface area (Å²) in [7, 11) is 1.79. The maximum atomic E-state index is 12.5. The van der Waals surface area contributed by atoms with Gasteiger partial charge in [0.15, 0.2) is 5.96 Å². The smallest absolute Gasteiger partial charge is 0.224 e. The quantitative estimate of drug-likeness (QED) is 0.616. The van der Waals surface area contributed by atoms with Gasteiger partial charge < -0.3 is 20.4 Å². The fourth-order valence-electron chi connectivity index (χ4n) is 3.93. The van der Waals surface area contributed by atoms with E-state index in [9.17, 15) is 4.79 Å². The lowest BCUT2D eigenvalue weighted by Gasteiger charge is -2.36. The van der Waals surface area contributed by atoms with E-state index in [1.807, 2.05) is 11.0 Å². The van der Waals surface area contributed by atoms with Crippen LogP contribution in [0.2, 0.25) is 0 Å². The van der Waals surface area contributed by atoms with Crippen molar-refractivity contribution < 1.29 is 4.79 Å². The van der Waals surface area contributed by atoms with Crippen molar-refractivity contribution in [3.63, 3.8) is 0 Å². The summed E-state index contributed by atoms with van der Waals surface area (Å²) >= 11 is 0. The van der Waals surface area contributed by atoms with Crippen molar-refractivity contribution in [1.82, 2.24) is 15.5 Å². The zero-order chi connectivity index (χ0) is 18.9. The minimum atomic E-state index is 0.225. The first-order valence-corrected chi connectivity index (χ1v) is 10.3. The summed E-state index contributed by atoms with van der Waals surface area (Å²) < 4.78 is 0. The summed E-state index contributed by atoms with van der Waals surface area (Å²) in [5.41, 5.74) is 1.24. The molecule has 2 fully saturated rings. The van der Waals surface area contributed by atoms with Crippen LogP contribution < -0.4 is 15.5 Å². The summed E-state index contributed by atoms with van der Waals surface area (Å²) in [6.45, 7) is 4.01. The number of amides is 1. The van der Waals surface area contributed by atoms with Crippen molar-refractivity contribution in [2.45, 2.75) is 44.6 Å². The summed E-state index contributed by atoms with van der Waals surface area (Å²) in [5.74, 6) is 1.05. The maximum Gasteiger partial charge on any atom is 0.224 e. The molecule has 3 rings (SSSR count). The highest BCUT2D eigenvalue weighted by Gasteiger charge is 2.21. The monoisotopic (exact) mass is 371 g/mol. The Morgan fingerprint density at radius 2 is 1.78 bits per heavy atom. The number of aliphatic imine (C=N–C) groups is 1. The van der Waals surface area contributed by atoms with Crippen LogP contribution in [0.4, 0.5) is 5.69 Å². The topological polar surface area (TPSA) is 60.0 Å². The predicted octanol–water partition coefficient (Wildman–Crippen LogP) is 2.22. The van der Waals surface area contributed by atoms with Crippen LogP contribution in [-0.4, -0.2) is 62.6 Å². The van der Waals surface area contributed by atoms with Crippen LogP contribution in [0, 0.1) is 0 Å². The average Bonchev–Trinajstić information content (AvgIpc) is 2.74. The molecule has 6 heteroatoms. The molecule has 0 radical (unpaired) electrons. The molecule has 6 nitrogen and oxygen atoms in total. The standard InChI is InChI=1S/C21H33N5O/c1-22-21(24-18-8-4-2-5-9-18)23-13-12-20(27)26-16-14-25(15-17-26)19-10-6-3-7-11-19/h3,6-7,10-11,18H,2,4-5,8-9,12-17H2,1H3,(H2,22,23,24). The molecule has 1 heterocycles. The fraction of sp³-hybridized carbons (Fsp3) is 0.619. The fourth-order valence-corrected chi connectivity index (χ4v) is 3.93. The van der Waals surface area contributed by atoms with E-state index in [-0.39, 0.29) is 5.91 Å². The third kappa shape index (κ3) is 5.88. The Kier molecular flexibility index (Phi) is 7.36. The highest BCUT2D eigenvalue weighted by Crippen LogP contribution is 2.17. The van der Waals surface area contributed by atoms with Crippen molar-refractivity contribution in [3.8, 4) is 0 Å². The molecular formula is C21H33N5O. The molecule has 0 spiro atoms. The van der Waals surface area contributed by atoms with Gasteiger partial charge in [0.25, 0.3) is 0 Å². The Labute approximate surface area is 163 Å². The number of hydrogen-bond donors (Lipinski definition) is 2. The first-order chi connectivity index (χ1) is 13.3. The second-order valence-corrected chi connectivity index (χ2v) is 7.43. The maximum absolute atomic E-state index is 12.5. The lowest BCUT2D eigenvalue weighted by Crippen LogP contribution is -2.50. The molecule has 1 aromatic carbocycles. The zero-order valence-corrected chi connectivity index (χ0v) is 16.5. The molecule has 27 heavy (non-hydrogen) atoms. The normalized spacial score (nSPS) is 19.1. The van der Waals surface area contributed by atoms with Gasteiger partial charge in [0, 0.05) is 57.9 Å². The first-order valence-electron chi connectivity index (χ1n) is 10.3. The Morgan fingerprint density at radius 3 is 2.44 bits per heavy atom. The van der Waals surface area contributed by atoms with Gasteiger partial charge in [0.05, 0.1) is 0 Å². The summed E-state index contributed by atoms with van der Waals surface area (Å²) in [6.07, 6.45) is 6.87. The summed E-state index contributed by atoms with van der Waals surface area (Å²) in [6, 6.07) is 10.9. The van der Waals surface area contributed by atoms with Crippen molar-refractivity contribution >= 4 is 17.6 Å². The molecule has 1 aliphatic carbocycles. The first kappa shape index (κ1) is 19.5. The number of hydrogen-bond acceptors (Lipinski definition) is 3. The second-order valence-electron chi connectivity index (χ2n) is 7.43. The van der Waals surface area contributed by atoms with Crippen molar-refractivity contribution in [1.29, 1.82) is 0 Å². The molecule has 0 bridgehead atoms. The molecule has 1 amide bonds. The minimum absolute atomic E-state index is 0.225. The van der Waals surface area contributed by atoms with E-state index in [1.54, 1.807) is 7.05 Å². The van der Waals surface area contributed by atoms with Crippen molar-refractivity contribution in [2.75, 3.05) is 44.7 Å². The molecule has 0 atom stereocenters. The van der Waals surface area contributed by atoms with Crippen LogP contribution >= 0.6 is 0 Å². The largest absolute Gasteiger partial charge is 0.368 e. The molecule has 1 aliphatic heterocycles. The van der Waals surface area contributed by atoms with E-state index < -0.39 is 0 Å². The van der Waals surface area contributed by atoms with Gasteiger partial charge in [-0.1, -0.05) is 37.5 Å². The molecule has 0 unspecified atom stereocenters. The van der Waals surface area contributed by atoms with E-state index in [4.69, 9.17) is 0 Å². The number of carbonyl (C=O) groups excluding carboxylic acids is 1. The number of para-hydroxylation sites is 1. The molecule has 0 aromatic heterocycles. The summed E-state index contributed by atoms with van der Waals surface area (Å²) in [5, 5.41) is 6.79. The SMILES string of the molecule is CN=C(NCCC(=O)N1CCN(c2ccccc2)CC1)NC1CCCCC1. The molecule has 148 valence electrons. The van der Waals surface area contributed by atoms with Crippen LogP contribution in [-0.2, 0) is 4.79 Å². The molecule has 2 aliphatic rings. The van der Waals surface area contributed by atoms with E-state index in [0.717, 1.165) is 32.1 Å². The minimum Gasteiger partial charge on any atom is -0.368 e. The van der Waals surface area contributed by atoms with Crippen LogP contribution in [0.3, 0.4) is 0 Å². The zero-order valence-electron chi connectivity index (χ0n) is 16.5. The van der Waals surface area contributed by atoms with E-state index in [2.05, 4.69) is 44.8 Å². The molecule has 1 saturated carbocycles. The van der Waals surface area contributed by atoms with Gasteiger partial charge in [-0.15, -0.1) is 0 Å². The van der Waals surface area contributed by atoms with Crippen LogP contribution in [0.1, 0.15) is 38.5 Å². The van der Waals surface area contributed by atoms with Gasteiger partial charge in [-0.2, -0.15) is 0 Å². The lowest BCUT2D eigenvalue weighted by atomic mass is 9.96. The molecule has 2 N–H and O–H groups in total. The van der Waals surface area contributed by atoms with Crippen LogP contribution in [0.5, 0.6) is 0 Å².